The predicted molar refractivity (Wildman–Crippen MR) is 200 cm³/mol. The van der Waals surface area contributed by atoms with Crippen molar-refractivity contribution in [3.63, 3.8) is 0 Å². The van der Waals surface area contributed by atoms with E-state index < -0.39 is 0 Å². The first-order valence-corrected chi connectivity index (χ1v) is 15.6. The lowest BCUT2D eigenvalue weighted by Gasteiger charge is -2.27. The molecule has 226 valence electrons. The van der Waals surface area contributed by atoms with E-state index in [0.717, 1.165) is 17.9 Å². The molecule has 4 nitrogen and oxygen atoms in total. The van der Waals surface area contributed by atoms with Crippen LogP contribution in [0.4, 0.5) is 22.7 Å². The minimum atomic E-state index is 0.764. The van der Waals surface area contributed by atoms with Crippen molar-refractivity contribution >= 4 is 65.8 Å². The van der Waals surface area contributed by atoms with E-state index >= 15 is 0 Å². The van der Waals surface area contributed by atoms with Gasteiger partial charge in [0, 0.05) is 24.3 Å². The lowest BCUT2D eigenvalue weighted by Crippen LogP contribution is -2.34. The van der Waals surface area contributed by atoms with Gasteiger partial charge in [-0.05, 0) is 115 Å². The second kappa shape index (κ2) is 9.85. The molecule has 0 heterocycles. The standard InChI is InChI=1S/C40H50N4/c1-41(2,3)31-17-13-27-21-28-14-18-32(42(4,5)6)24-36(28)39(35(27)23-31)40-37-25-33(43(7,8)9)19-15-29(37)22-30-16-20-34(26-38(30)40)44(10,11)12/h13-26H,1-12H3/q+4. The lowest BCUT2D eigenvalue weighted by atomic mass is 9.85. The van der Waals surface area contributed by atoms with Crippen molar-refractivity contribution in [2.45, 2.75) is 0 Å². The van der Waals surface area contributed by atoms with Crippen molar-refractivity contribution in [2.24, 2.45) is 0 Å². The van der Waals surface area contributed by atoms with Crippen LogP contribution in [0.1, 0.15) is 0 Å². The molecule has 0 radical (unpaired) electrons. The average molecular weight is 587 g/mol. The first kappa shape index (κ1) is 30.2. The fourth-order valence-electron chi connectivity index (χ4n) is 6.38. The van der Waals surface area contributed by atoms with Gasteiger partial charge in [-0.2, -0.15) is 0 Å². The zero-order valence-corrected chi connectivity index (χ0v) is 28.9. The summed E-state index contributed by atoms with van der Waals surface area (Å²) >= 11 is 0. The van der Waals surface area contributed by atoms with Gasteiger partial charge in [0.15, 0.2) is 0 Å². The number of nitrogens with zero attached hydrogens (tertiary/aromatic N) is 4. The van der Waals surface area contributed by atoms with Crippen LogP contribution in [0.15, 0.2) is 84.9 Å². The highest BCUT2D eigenvalue weighted by molar-refractivity contribution is 6.24. The predicted octanol–water partition coefficient (Wildman–Crippen LogP) is 8.75. The van der Waals surface area contributed by atoms with Gasteiger partial charge in [-0.15, -0.1) is 0 Å². The Morgan fingerprint density at radius 3 is 0.659 bits per heavy atom. The summed E-state index contributed by atoms with van der Waals surface area (Å²) in [5.74, 6) is 0. The Kier molecular flexibility index (Phi) is 6.77. The van der Waals surface area contributed by atoms with Crippen molar-refractivity contribution in [1.82, 2.24) is 17.9 Å². The van der Waals surface area contributed by atoms with Gasteiger partial charge < -0.3 is 0 Å². The average Bonchev–Trinajstić information content (AvgIpc) is 2.91. The first-order valence-electron chi connectivity index (χ1n) is 15.6. The fourth-order valence-corrected chi connectivity index (χ4v) is 6.38. The topological polar surface area (TPSA) is 0 Å². The van der Waals surface area contributed by atoms with Gasteiger partial charge in [-0.1, -0.05) is 0 Å². The van der Waals surface area contributed by atoms with Gasteiger partial charge in [0.25, 0.3) is 0 Å². The largest absolute Gasteiger partial charge is 0.298 e. The minimum absolute atomic E-state index is 0.764. The zero-order chi connectivity index (χ0) is 32.0. The van der Waals surface area contributed by atoms with Crippen LogP contribution in [0.25, 0.3) is 54.2 Å². The van der Waals surface area contributed by atoms with E-state index in [-0.39, 0.29) is 0 Å². The van der Waals surface area contributed by atoms with Crippen LogP contribution in [-0.2, 0) is 0 Å². The van der Waals surface area contributed by atoms with E-state index in [4.69, 9.17) is 0 Å². The van der Waals surface area contributed by atoms with Crippen LogP contribution >= 0.6 is 0 Å². The minimum Gasteiger partial charge on any atom is -0.298 e. The van der Waals surface area contributed by atoms with Crippen LogP contribution in [0, 0.1) is 0 Å². The summed E-state index contributed by atoms with van der Waals surface area (Å²) in [5.41, 5.74) is 7.84. The van der Waals surface area contributed by atoms with E-state index in [1.807, 2.05) is 0 Å². The Morgan fingerprint density at radius 2 is 0.477 bits per heavy atom. The molecule has 0 aliphatic rings. The fraction of sp³-hybridized carbons (Fsp3) is 0.300. The molecule has 0 amide bonds. The molecule has 4 heteroatoms. The molecule has 6 rings (SSSR count). The molecule has 0 saturated carbocycles. The Bertz CT molecular complexity index is 1800. The third kappa shape index (κ3) is 5.27. The summed E-state index contributed by atoms with van der Waals surface area (Å²) in [6, 6.07) is 33.0. The molecule has 0 aromatic heterocycles. The second-order valence-electron chi connectivity index (χ2n) is 16.2. The Hall–Kier alpha value is -3.80. The third-order valence-electron chi connectivity index (χ3n) is 9.20. The normalized spacial score (nSPS) is 13.5. The molecule has 0 aliphatic carbocycles. The summed E-state index contributed by atoms with van der Waals surface area (Å²) in [7, 11) is 27.1. The van der Waals surface area contributed by atoms with E-state index in [2.05, 4.69) is 170 Å². The van der Waals surface area contributed by atoms with Crippen LogP contribution in [0.2, 0.25) is 0 Å². The van der Waals surface area contributed by atoms with Gasteiger partial charge >= 0.3 is 0 Å². The van der Waals surface area contributed by atoms with Crippen molar-refractivity contribution in [3.8, 4) is 11.1 Å². The van der Waals surface area contributed by atoms with Crippen molar-refractivity contribution < 1.29 is 0 Å². The van der Waals surface area contributed by atoms with E-state index in [1.54, 1.807) is 0 Å². The highest BCUT2D eigenvalue weighted by Crippen LogP contribution is 2.47. The maximum Gasteiger partial charge on any atom is 0.132 e. The van der Waals surface area contributed by atoms with Crippen LogP contribution < -0.4 is 17.9 Å². The number of quaternary nitrogens is 4. The summed E-state index contributed by atoms with van der Waals surface area (Å²) in [6.07, 6.45) is 0. The summed E-state index contributed by atoms with van der Waals surface area (Å²) < 4.78 is 3.06. The van der Waals surface area contributed by atoms with Crippen LogP contribution in [0.5, 0.6) is 0 Å². The number of fused-ring (bicyclic) bond motifs is 4. The lowest BCUT2D eigenvalue weighted by molar-refractivity contribution is 0.486. The van der Waals surface area contributed by atoms with E-state index in [9.17, 15) is 0 Å². The van der Waals surface area contributed by atoms with Crippen LogP contribution in [0.3, 0.4) is 0 Å². The highest BCUT2D eigenvalue weighted by atomic mass is 15.3. The second-order valence-corrected chi connectivity index (χ2v) is 16.2. The van der Waals surface area contributed by atoms with Gasteiger partial charge in [0.05, 0.1) is 84.6 Å². The van der Waals surface area contributed by atoms with Gasteiger partial charge in [-0.25, -0.2) is 0 Å². The van der Waals surface area contributed by atoms with Crippen molar-refractivity contribution in [3.05, 3.63) is 84.9 Å². The molecule has 0 fully saturated rings. The zero-order valence-electron chi connectivity index (χ0n) is 28.9. The number of benzene rings is 6. The van der Waals surface area contributed by atoms with E-state index in [0.29, 0.717) is 0 Å². The molecule has 6 aromatic rings. The molecule has 0 N–H and O–H groups in total. The van der Waals surface area contributed by atoms with Crippen molar-refractivity contribution in [1.29, 1.82) is 0 Å². The van der Waals surface area contributed by atoms with Gasteiger partial charge in [-0.3, -0.25) is 17.9 Å². The molecular weight excluding hydrogens is 536 g/mol. The summed E-state index contributed by atoms with van der Waals surface area (Å²) in [5, 5.41) is 10.3. The summed E-state index contributed by atoms with van der Waals surface area (Å²) in [4.78, 5) is 0. The number of hydrogen-bond acceptors (Lipinski definition) is 0. The molecule has 44 heavy (non-hydrogen) atoms. The van der Waals surface area contributed by atoms with Gasteiger partial charge in [0.1, 0.15) is 22.7 Å². The highest BCUT2D eigenvalue weighted by Gasteiger charge is 2.24. The molecular formula is C40H50N4+4. The van der Waals surface area contributed by atoms with E-state index in [1.165, 1.54) is 77.0 Å². The Labute approximate surface area is 263 Å². The smallest absolute Gasteiger partial charge is 0.132 e. The Balaban J connectivity index is 1.92. The maximum atomic E-state index is 2.45. The third-order valence-corrected chi connectivity index (χ3v) is 9.20. The van der Waals surface area contributed by atoms with Crippen molar-refractivity contribution in [2.75, 3.05) is 84.6 Å². The quantitative estimate of drug-likeness (QED) is 0.140. The molecule has 0 atom stereocenters. The molecule has 0 aliphatic heterocycles. The first-order chi connectivity index (χ1) is 20.3. The Morgan fingerprint density at radius 1 is 0.273 bits per heavy atom. The molecule has 0 unspecified atom stereocenters. The molecule has 6 aromatic carbocycles. The maximum absolute atomic E-state index is 2.45. The molecule has 0 saturated heterocycles. The van der Waals surface area contributed by atoms with Crippen LogP contribution in [-0.4, -0.2) is 84.6 Å². The number of rotatable bonds is 5. The summed E-state index contributed by atoms with van der Waals surface area (Å²) in [6.45, 7) is 0. The SMILES string of the molecule is C[N+](C)(C)c1ccc2cc3ccc([N+](C)(C)C)cc3c(-c3c4cc([N+](C)(C)C)ccc4cc4ccc([N+](C)(C)C)cc34)c2c1. The molecule has 0 spiro atoms. The van der Waals surface area contributed by atoms with Gasteiger partial charge in [0.2, 0.25) is 0 Å². The number of hydrogen-bond donors (Lipinski definition) is 0. The molecule has 0 bridgehead atoms. The monoisotopic (exact) mass is 586 g/mol.